The van der Waals surface area contributed by atoms with Crippen molar-refractivity contribution in [3.63, 3.8) is 0 Å². The third-order valence-corrected chi connectivity index (χ3v) is 5.19. The van der Waals surface area contributed by atoms with Gasteiger partial charge >= 0.3 is 11.9 Å². The van der Waals surface area contributed by atoms with Gasteiger partial charge in [0.05, 0.1) is 37.4 Å². The largest absolute Gasteiger partial charge is 0.465 e. The van der Waals surface area contributed by atoms with Gasteiger partial charge in [-0.1, -0.05) is 37.1 Å². The maximum Gasteiger partial charge on any atom is 0.337 e. The average molecular weight is 406 g/mol. The van der Waals surface area contributed by atoms with E-state index in [-0.39, 0.29) is 24.0 Å². The van der Waals surface area contributed by atoms with Crippen LogP contribution in [0.2, 0.25) is 0 Å². The Hall–Kier alpha value is -3.28. The molecule has 2 aromatic rings. The van der Waals surface area contributed by atoms with E-state index in [2.05, 4.69) is 0 Å². The van der Waals surface area contributed by atoms with Crippen molar-refractivity contribution < 1.29 is 19.1 Å². The Morgan fingerprint density at radius 1 is 0.733 bits per heavy atom. The van der Waals surface area contributed by atoms with Gasteiger partial charge in [-0.15, -0.1) is 0 Å². The molecule has 0 N–H and O–H groups in total. The summed E-state index contributed by atoms with van der Waals surface area (Å²) in [7, 11) is 2.74. The number of ether oxygens (including phenoxy) is 2. The van der Waals surface area contributed by atoms with Gasteiger partial charge in [0.1, 0.15) is 0 Å². The minimum Gasteiger partial charge on any atom is -0.465 e. The molecule has 30 heavy (non-hydrogen) atoms. The highest BCUT2D eigenvalue weighted by molar-refractivity contribution is 5.91. The Balaban J connectivity index is 1.65. The molecule has 2 aromatic carbocycles. The zero-order valence-electron chi connectivity index (χ0n) is 17.3. The number of carbonyl (C=O) groups excluding carboxylic acids is 2. The van der Waals surface area contributed by atoms with Crippen LogP contribution in [0.25, 0.3) is 0 Å². The maximum atomic E-state index is 11.5. The summed E-state index contributed by atoms with van der Waals surface area (Å²) in [5, 5.41) is 0. The number of rotatable bonds is 6. The molecular weight excluding hydrogens is 380 g/mol. The van der Waals surface area contributed by atoms with Crippen LogP contribution in [0.3, 0.4) is 0 Å². The molecular formula is C24H26N2O4. The number of hydrogen-bond donors (Lipinski definition) is 0. The molecule has 0 radical (unpaired) electrons. The average Bonchev–Trinajstić information content (AvgIpc) is 2.81. The Labute approximate surface area is 176 Å². The van der Waals surface area contributed by atoms with E-state index in [0.29, 0.717) is 11.1 Å². The van der Waals surface area contributed by atoms with E-state index in [9.17, 15) is 9.59 Å². The quantitative estimate of drug-likeness (QED) is 0.534. The molecule has 1 aliphatic rings. The lowest BCUT2D eigenvalue weighted by molar-refractivity contribution is 0.0592. The van der Waals surface area contributed by atoms with Gasteiger partial charge in [-0.2, -0.15) is 0 Å². The number of methoxy groups -OCH3 is 2. The molecule has 0 aliphatic heterocycles. The molecule has 6 nitrogen and oxygen atoms in total. The van der Waals surface area contributed by atoms with Gasteiger partial charge in [-0.05, 0) is 48.2 Å². The summed E-state index contributed by atoms with van der Waals surface area (Å²) >= 11 is 0. The van der Waals surface area contributed by atoms with Crippen molar-refractivity contribution in [1.82, 2.24) is 0 Å². The summed E-state index contributed by atoms with van der Waals surface area (Å²) in [5.74, 6) is -0.695. The monoisotopic (exact) mass is 406 g/mol. The van der Waals surface area contributed by atoms with Gasteiger partial charge < -0.3 is 9.47 Å². The predicted molar refractivity (Wildman–Crippen MR) is 117 cm³/mol. The lowest BCUT2D eigenvalue weighted by Crippen LogP contribution is -2.27. The molecule has 156 valence electrons. The van der Waals surface area contributed by atoms with Crippen molar-refractivity contribution in [2.45, 2.75) is 37.8 Å². The van der Waals surface area contributed by atoms with Crippen molar-refractivity contribution in [3.8, 4) is 0 Å². The first-order valence-corrected chi connectivity index (χ1v) is 10.0. The summed E-state index contributed by atoms with van der Waals surface area (Å²) in [5.41, 5.74) is 2.92. The second-order valence-electron chi connectivity index (χ2n) is 7.20. The predicted octanol–water partition coefficient (Wildman–Crippen LogP) is 4.11. The minimum absolute atomic E-state index is 0.129. The molecule has 2 atom stereocenters. The lowest BCUT2D eigenvalue weighted by Gasteiger charge is -2.25. The first-order chi connectivity index (χ1) is 14.6. The fourth-order valence-electron chi connectivity index (χ4n) is 3.45. The summed E-state index contributed by atoms with van der Waals surface area (Å²) in [6.07, 6.45) is 7.99. The second-order valence-corrected chi connectivity index (χ2v) is 7.20. The zero-order chi connectivity index (χ0) is 21.3. The normalized spacial score (nSPS) is 19.1. The molecule has 3 rings (SSSR count). The van der Waals surface area contributed by atoms with E-state index in [4.69, 9.17) is 19.5 Å². The summed E-state index contributed by atoms with van der Waals surface area (Å²) in [6, 6.07) is 14.7. The van der Waals surface area contributed by atoms with Gasteiger partial charge in [0.2, 0.25) is 0 Å². The van der Waals surface area contributed by atoms with Crippen LogP contribution >= 0.6 is 0 Å². The summed E-state index contributed by atoms with van der Waals surface area (Å²) in [4.78, 5) is 32.6. The van der Waals surface area contributed by atoms with Crippen LogP contribution in [0.1, 0.15) is 57.5 Å². The lowest BCUT2D eigenvalue weighted by atomic mass is 9.91. The highest BCUT2D eigenvalue weighted by Crippen LogP contribution is 2.24. The standard InChI is InChI=1S/C24H26N2O4/c1-29-23(27)19-11-7-17(8-12-19)15-25-21-5-3-4-6-22(21)26-16-18-9-13-20(14-10-18)24(28)30-2/h7-16,21-22H,3-6H2,1-2H3/t21-,22-/m1/s1. The van der Waals surface area contributed by atoms with Crippen molar-refractivity contribution >= 4 is 24.4 Å². The molecule has 1 saturated carbocycles. The Morgan fingerprint density at radius 2 is 1.10 bits per heavy atom. The Bertz CT molecular complexity index is 840. The highest BCUT2D eigenvalue weighted by atomic mass is 16.5. The number of carbonyl (C=O) groups is 2. The molecule has 0 bridgehead atoms. The van der Waals surface area contributed by atoms with Gasteiger partial charge in [-0.3, -0.25) is 9.98 Å². The van der Waals surface area contributed by atoms with Crippen LogP contribution in [-0.4, -0.2) is 50.7 Å². The van der Waals surface area contributed by atoms with E-state index in [1.165, 1.54) is 14.2 Å². The van der Waals surface area contributed by atoms with Gasteiger partial charge in [0, 0.05) is 12.4 Å². The number of nitrogens with zero attached hydrogens (tertiary/aromatic N) is 2. The SMILES string of the molecule is COC(=O)c1ccc(C=N[C@@H]2CCCC[C@H]2N=Cc2ccc(C(=O)OC)cc2)cc1. The van der Waals surface area contributed by atoms with E-state index >= 15 is 0 Å². The summed E-state index contributed by atoms with van der Waals surface area (Å²) in [6.45, 7) is 0. The number of aliphatic imine (C=N–C) groups is 2. The first kappa shape index (κ1) is 21.4. The fraction of sp³-hybridized carbons (Fsp3) is 0.333. The highest BCUT2D eigenvalue weighted by Gasteiger charge is 2.23. The molecule has 0 saturated heterocycles. The summed E-state index contributed by atoms with van der Waals surface area (Å²) < 4.78 is 9.44. The molecule has 6 heteroatoms. The van der Waals surface area contributed by atoms with Crippen LogP contribution < -0.4 is 0 Å². The minimum atomic E-state index is -0.347. The molecule has 0 amide bonds. The topological polar surface area (TPSA) is 77.3 Å². The third-order valence-electron chi connectivity index (χ3n) is 5.19. The number of benzene rings is 2. The van der Waals surface area contributed by atoms with Crippen LogP contribution in [0.15, 0.2) is 58.5 Å². The molecule has 0 aromatic heterocycles. The smallest absolute Gasteiger partial charge is 0.337 e. The molecule has 0 heterocycles. The molecule has 1 aliphatic carbocycles. The first-order valence-electron chi connectivity index (χ1n) is 10.0. The Morgan fingerprint density at radius 3 is 1.43 bits per heavy atom. The van der Waals surface area contributed by atoms with Gasteiger partial charge in [0.15, 0.2) is 0 Å². The van der Waals surface area contributed by atoms with Crippen LogP contribution in [0.4, 0.5) is 0 Å². The van der Waals surface area contributed by atoms with E-state index < -0.39 is 0 Å². The zero-order valence-corrected chi connectivity index (χ0v) is 17.3. The van der Waals surface area contributed by atoms with Gasteiger partial charge in [-0.25, -0.2) is 9.59 Å². The second kappa shape index (κ2) is 10.5. The van der Waals surface area contributed by atoms with Crippen LogP contribution in [0.5, 0.6) is 0 Å². The molecule has 1 fully saturated rings. The van der Waals surface area contributed by atoms with Crippen molar-refractivity contribution in [3.05, 3.63) is 70.8 Å². The number of hydrogen-bond acceptors (Lipinski definition) is 6. The van der Waals surface area contributed by atoms with E-state index in [1.807, 2.05) is 36.7 Å². The molecule has 0 spiro atoms. The fourth-order valence-corrected chi connectivity index (χ4v) is 3.45. The third kappa shape index (κ3) is 5.63. The van der Waals surface area contributed by atoms with E-state index in [0.717, 1.165) is 36.8 Å². The van der Waals surface area contributed by atoms with Crippen molar-refractivity contribution in [1.29, 1.82) is 0 Å². The molecule has 0 unspecified atom stereocenters. The van der Waals surface area contributed by atoms with Crippen LogP contribution in [-0.2, 0) is 9.47 Å². The maximum absolute atomic E-state index is 11.5. The van der Waals surface area contributed by atoms with Crippen molar-refractivity contribution in [2.24, 2.45) is 9.98 Å². The Kier molecular flexibility index (Phi) is 7.49. The van der Waals surface area contributed by atoms with Crippen molar-refractivity contribution in [2.75, 3.05) is 14.2 Å². The number of esters is 2. The van der Waals surface area contributed by atoms with Gasteiger partial charge in [0.25, 0.3) is 0 Å². The van der Waals surface area contributed by atoms with E-state index in [1.54, 1.807) is 24.3 Å². The van der Waals surface area contributed by atoms with Crippen LogP contribution in [0, 0.1) is 0 Å².